The normalized spacial score (nSPS) is 10.7. The molecule has 0 aliphatic rings. The van der Waals surface area contributed by atoms with Crippen molar-refractivity contribution in [3.63, 3.8) is 0 Å². The maximum atomic E-state index is 10.5. The topological polar surface area (TPSA) is 63.3 Å². The van der Waals surface area contributed by atoms with Gasteiger partial charge in [-0.25, -0.2) is 0 Å². The van der Waals surface area contributed by atoms with Crippen LogP contribution in [0.25, 0.3) is 11.3 Å². The van der Waals surface area contributed by atoms with Crippen LogP contribution < -0.4 is 0 Å². The molecule has 19 heavy (non-hydrogen) atoms. The zero-order valence-corrected chi connectivity index (χ0v) is 11.4. The van der Waals surface area contributed by atoms with Gasteiger partial charge in [-0.3, -0.25) is 4.79 Å². The number of hydrogen-bond acceptors (Lipinski definition) is 3. The fourth-order valence-corrected chi connectivity index (χ4v) is 2.35. The summed E-state index contributed by atoms with van der Waals surface area (Å²) in [4.78, 5) is 10.5. The van der Waals surface area contributed by atoms with E-state index in [1.54, 1.807) is 0 Å². The number of rotatable bonds is 4. The fourth-order valence-electron chi connectivity index (χ4n) is 2.35. The van der Waals surface area contributed by atoms with Crippen molar-refractivity contribution in [1.82, 2.24) is 5.16 Å². The van der Waals surface area contributed by atoms with Gasteiger partial charge in [0.05, 0.1) is 12.1 Å². The Kier molecular flexibility index (Phi) is 3.69. The van der Waals surface area contributed by atoms with Crippen LogP contribution in [0.2, 0.25) is 0 Å². The molecule has 0 saturated heterocycles. The molecule has 2 rings (SSSR count). The standard InChI is InChI=1S/C15H17NO3/c1-9-6-10(2)15(11(3)7-9)13-8-12(16-19-13)4-5-14(17)18/h6-8H,4-5H2,1-3H3,(H,17,18). The van der Waals surface area contributed by atoms with E-state index >= 15 is 0 Å². The first kappa shape index (κ1) is 13.3. The third-order valence-electron chi connectivity index (χ3n) is 3.08. The predicted molar refractivity (Wildman–Crippen MR) is 72.1 cm³/mol. The van der Waals surface area contributed by atoms with E-state index in [0.717, 1.165) is 16.7 Å². The Bertz CT molecular complexity index is 591. The lowest BCUT2D eigenvalue weighted by atomic mass is 9.98. The minimum Gasteiger partial charge on any atom is -0.481 e. The molecule has 1 aromatic carbocycles. The first-order chi connectivity index (χ1) is 8.97. The number of carboxylic acids is 1. The number of aliphatic carboxylic acids is 1. The molecule has 4 nitrogen and oxygen atoms in total. The van der Waals surface area contributed by atoms with Crippen molar-refractivity contribution in [3.05, 3.63) is 40.6 Å². The van der Waals surface area contributed by atoms with E-state index in [0.29, 0.717) is 17.9 Å². The molecule has 100 valence electrons. The van der Waals surface area contributed by atoms with Crippen LogP contribution in [0.15, 0.2) is 22.7 Å². The van der Waals surface area contributed by atoms with Crippen LogP contribution in [0.5, 0.6) is 0 Å². The van der Waals surface area contributed by atoms with Gasteiger partial charge in [0.2, 0.25) is 0 Å². The molecule has 0 atom stereocenters. The molecule has 1 heterocycles. The molecule has 1 aromatic heterocycles. The Hall–Kier alpha value is -2.10. The molecular weight excluding hydrogens is 242 g/mol. The molecule has 0 radical (unpaired) electrons. The second kappa shape index (κ2) is 5.26. The maximum absolute atomic E-state index is 10.5. The van der Waals surface area contributed by atoms with Gasteiger partial charge in [0, 0.05) is 18.1 Å². The van der Waals surface area contributed by atoms with Crippen LogP contribution >= 0.6 is 0 Å². The zero-order valence-electron chi connectivity index (χ0n) is 11.4. The maximum Gasteiger partial charge on any atom is 0.303 e. The van der Waals surface area contributed by atoms with Crippen molar-refractivity contribution in [2.75, 3.05) is 0 Å². The number of hydrogen-bond donors (Lipinski definition) is 1. The summed E-state index contributed by atoms with van der Waals surface area (Å²) in [5.74, 6) is -0.123. The van der Waals surface area contributed by atoms with E-state index in [2.05, 4.69) is 24.2 Å². The van der Waals surface area contributed by atoms with Crippen molar-refractivity contribution in [2.24, 2.45) is 0 Å². The van der Waals surface area contributed by atoms with E-state index in [4.69, 9.17) is 9.63 Å². The molecule has 0 aliphatic carbocycles. The predicted octanol–water partition coefficient (Wildman–Crippen LogP) is 3.28. The number of carbonyl (C=O) groups is 1. The highest BCUT2D eigenvalue weighted by atomic mass is 16.5. The second-order valence-electron chi connectivity index (χ2n) is 4.85. The van der Waals surface area contributed by atoms with Gasteiger partial charge in [0.25, 0.3) is 0 Å². The molecule has 0 fully saturated rings. The molecule has 1 N–H and O–H groups in total. The third kappa shape index (κ3) is 3.02. The summed E-state index contributed by atoms with van der Waals surface area (Å²) in [7, 11) is 0. The summed E-state index contributed by atoms with van der Waals surface area (Å²) < 4.78 is 5.34. The lowest BCUT2D eigenvalue weighted by Crippen LogP contribution is -1.97. The minimum absolute atomic E-state index is 0.0673. The summed E-state index contributed by atoms with van der Waals surface area (Å²) in [6.45, 7) is 6.13. The average Bonchev–Trinajstić information content (AvgIpc) is 2.73. The fraction of sp³-hybridized carbons (Fsp3) is 0.333. The molecule has 0 aliphatic heterocycles. The van der Waals surface area contributed by atoms with Gasteiger partial charge in [-0.2, -0.15) is 0 Å². The van der Waals surface area contributed by atoms with E-state index in [9.17, 15) is 4.79 Å². The van der Waals surface area contributed by atoms with Crippen LogP contribution in [-0.2, 0) is 11.2 Å². The summed E-state index contributed by atoms with van der Waals surface area (Å²) in [5, 5.41) is 12.6. The average molecular weight is 259 g/mol. The quantitative estimate of drug-likeness (QED) is 0.915. The van der Waals surface area contributed by atoms with Gasteiger partial charge < -0.3 is 9.63 Å². The Morgan fingerprint density at radius 1 is 1.21 bits per heavy atom. The number of aromatic nitrogens is 1. The first-order valence-electron chi connectivity index (χ1n) is 6.23. The van der Waals surface area contributed by atoms with E-state index in [1.807, 2.05) is 19.9 Å². The van der Waals surface area contributed by atoms with Gasteiger partial charge in [-0.15, -0.1) is 0 Å². The van der Waals surface area contributed by atoms with Crippen LogP contribution in [-0.4, -0.2) is 16.2 Å². The van der Waals surface area contributed by atoms with Crippen LogP contribution in [0.1, 0.15) is 28.8 Å². The van der Waals surface area contributed by atoms with Crippen molar-refractivity contribution in [2.45, 2.75) is 33.6 Å². The van der Waals surface area contributed by atoms with Gasteiger partial charge in [-0.05, 0) is 31.9 Å². The Labute approximate surface area is 112 Å². The minimum atomic E-state index is -0.827. The van der Waals surface area contributed by atoms with Gasteiger partial charge in [0.15, 0.2) is 5.76 Å². The highest BCUT2D eigenvalue weighted by molar-refractivity contribution is 5.68. The number of carboxylic acid groups (broad SMARTS) is 1. The second-order valence-corrected chi connectivity index (χ2v) is 4.85. The van der Waals surface area contributed by atoms with Crippen LogP contribution in [0.3, 0.4) is 0 Å². The lowest BCUT2D eigenvalue weighted by Gasteiger charge is -2.07. The third-order valence-corrected chi connectivity index (χ3v) is 3.08. The smallest absolute Gasteiger partial charge is 0.303 e. The van der Waals surface area contributed by atoms with Crippen molar-refractivity contribution >= 4 is 5.97 Å². The van der Waals surface area contributed by atoms with Crippen LogP contribution in [0, 0.1) is 20.8 Å². The molecule has 0 saturated carbocycles. The van der Waals surface area contributed by atoms with Crippen molar-refractivity contribution < 1.29 is 14.4 Å². The highest BCUT2D eigenvalue weighted by Gasteiger charge is 2.13. The zero-order chi connectivity index (χ0) is 14.0. The molecular formula is C15H17NO3. The van der Waals surface area contributed by atoms with E-state index < -0.39 is 5.97 Å². The van der Waals surface area contributed by atoms with Gasteiger partial charge in [0.1, 0.15) is 0 Å². The van der Waals surface area contributed by atoms with Crippen molar-refractivity contribution in [3.8, 4) is 11.3 Å². The van der Waals surface area contributed by atoms with E-state index in [-0.39, 0.29) is 6.42 Å². The highest BCUT2D eigenvalue weighted by Crippen LogP contribution is 2.29. The largest absolute Gasteiger partial charge is 0.481 e. The summed E-state index contributed by atoms with van der Waals surface area (Å²) in [6, 6.07) is 6.02. The molecule has 4 heteroatoms. The summed E-state index contributed by atoms with van der Waals surface area (Å²) in [5.41, 5.74) is 5.21. The Balaban J connectivity index is 2.30. The Morgan fingerprint density at radius 2 is 1.84 bits per heavy atom. The van der Waals surface area contributed by atoms with Gasteiger partial charge >= 0.3 is 5.97 Å². The van der Waals surface area contributed by atoms with Crippen molar-refractivity contribution in [1.29, 1.82) is 0 Å². The molecule has 0 unspecified atom stereocenters. The Morgan fingerprint density at radius 3 is 2.42 bits per heavy atom. The summed E-state index contributed by atoms with van der Waals surface area (Å²) in [6.07, 6.45) is 0.459. The number of benzene rings is 1. The molecule has 0 amide bonds. The van der Waals surface area contributed by atoms with E-state index in [1.165, 1.54) is 5.56 Å². The SMILES string of the molecule is Cc1cc(C)c(-c2cc(CCC(=O)O)no2)c(C)c1. The molecule has 2 aromatic rings. The number of aryl methyl sites for hydroxylation is 4. The molecule has 0 spiro atoms. The monoisotopic (exact) mass is 259 g/mol. The number of nitrogens with zero attached hydrogens (tertiary/aromatic N) is 1. The summed E-state index contributed by atoms with van der Waals surface area (Å²) >= 11 is 0. The van der Waals surface area contributed by atoms with Crippen LogP contribution in [0.4, 0.5) is 0 Å². The molecule has 0 bridgehead atoms. The van der Waals surface area contributed by atoms with Gasteiger partial charge in [-0.1, -0.05) is 22.9 Å². The lowest BCUT2D eigenvalue weighted by molar-refractivity contribution is -0.136. The first-order valence-corrected chi connectivity index (χ1v) is 6.23.